The minimum atomic E-state index is -4.79. The molecule has 3 aliphatic rings. The number of carbonyl (C=O) groups is 2. The molecule has 0 aromatic carbocycles. The molecule has 35 heavy (non-hydrogen) atoms. The summed E-state index contributed by atoms with van der Waals surface area (Å²) in [6.07, 6.45) is 0.481. The lowest BCUT2D eigenvalue weighted by Crippen LogP contribution is -2.63. The fraction of sp³-hybridized carbons (Fsp3) is 0.750. The largest absolute Gasteiger partial charge is 0.422 e. The predicted octanol–water partition coefficient (Wildman–Crippen LogP) is 3.58. The number of aromatic amines is 1. The fourth-order valence-electron chi connectivity index (χ4n) is 5.28. The molecule has 0 radical (unpaired) electrons. The Kier molecular flexibility index (Phi) is 7.36. The summed E-state index contributed by atoms with van der Waals surface area (Å²) >= 11 is 0. The monoisotopic (exact) mass is 500 g/mol. The van der Waals surface area contributed by atoms with Gasteiger partial charge in [0.05, 0.1) is 11.7 Å². The number of amides is 1. The van der Waals surface area contributed by atoms with Crippen LogP contribution >= 0.6 is 0 Å². The van der Waals surface area contributed by atoms with Gasteiger partial charge in [-0.3, -0.25) is 19.3 Å². The molecule has 4 rings (SSSR count). The van der Waals surface area contributed by atoms with E-state index >= 15 is 4.39 Å². The van der Waals surface area contributed by atoms with E-state index in [1.54, 1.807) is 4.90 Å². The first-order valence-electron chi connectivity index (χ1n) is 12.5. The van der Waals surface area contributed by atoms with Gasteiger partial charge in [-0.15, -0.1) is 0 Å². The van der Waals surface area contributed by atoms with Crippen LogP contribution in [0.1, 0.15) is 81.2 Å². The van der Waals surface area contributed by atoms with Gasteiger partial charge in [0.25, 0.3) is 5.56 Å². The first-order valence-corrected chi connectivity index (χ1v) is 12.5. The van der Waals surface area contributed by atoms with E-state index < -0.39 is 34.8 Å². The molecule has 1 N–H and O–H groups in total. The second-order valence-electron chi connectivity index (χ2n) is 10.0. The van der Waals surface area contributed by atoms with Crippen LogP contribution in [-0.4, -0.2) is 63.5 Å². The summed E-state index contributed by atoms with van der Waals surface area (Å²) in [6, 6.07) is -0.548. The molecular formula is C24H32F4N4O3. The topological polar surface area (TPSA) is 86.4 Å². The average molecular weight is 501 g/mol. The summed E-state index contributed by atoms with van der Waals surface area (Å²) in [5.74, 6) is -0.0927. The standard InChI is InChI=1S/C24H32F4N4O3/c1-2-11-31(22(35)15-7-8-15)12-5-3-4-6-18(33)23(25)13-32(14-23)17-10-9-16-19(24(26,27)28)21(34)30-29-20(16)17/h15,17H,2-14H2,1H3,(H,30,34). The summed E-state index contributed by atoms with van der Waals surface area (Å²) in [5.41, 5.74) is -4.53. The van der Waals surface area contributed by atoms with Crippen molar-refractivity contribution < 1.29 is 27.2 Å². The highest BCUT2D eigenvalue weighted by atomic mass is 19.4. The maximum absolute atomic E-state index is 15.1. The molecule has 7 nitrogen and oxygen atoms in total. The maximum atomic E-state index is 15.1. The van der Waals surface area contributed by atoms with Gasteiger partial charge < -0.3 is 4.90 Å². The second kappa shape index (κ2) is 9.99. The summed E-state index contributed by atoms with van der Waals surface area (Å²) < 4.78 is 55.1. The minimum absolute atomic E-state index is 0.0355. The molecular weight excluding hydrogens is 468 g/mol. The van der Waals surface area contributed by atoms with Crippen LogP contribution in [0.2, 0.25) is 0 Å². The van der Waals surface area contributed by atoms with E-state index in [-0.39, 0.29) is 49.0 Å². The summed E-state index contributed by atoms with van der Waals surface area (Å²) in [7, 11) is 0. The third kappa shape index (κ3) is 5.44. The highest BCUT2D eigenvalue weighted by Crippen LogP contribution is 2.44. The van der Waals surface area contributed by atoms with Crippen molar-refractivity contribution in [3.05, 3.63) is 27.2 Å². The Morgan fingerprint density at radius 1 is 1.14 bits per heavy atom. The van der Waals surface area contributed by atoms with E-state index in [2.05, 4.69) is 5.10 Å². The highest BCUT2D eigenvalue weighted by Gasteiger charge is 2.53. The van der Waals surface area contributed by atoms with Gasteiger partial charge in [-0.25, -0.2) is 9.49 Å². The van der Waals surface area contributed by atoms with Gasteiger partial charge in [0, 0.05) is 38.5 Å². The molecule has 2 heterocycles. The molecule has 2 aliphatic carbocycles. The van der Waals surface area contributed by atoms with E-state index in [1.165, 1.54) is 0 Å². The Labute approximate surface area is 201 Å². The lowest BCUT2D eigenvalue weighted by atomic mass is 9.86. The van der Waals surface area contributed by atoms with Crippen molar-refractivity contribution in [3.8, 4) is 0 Å². The Bertz CT molecular complexity index is 1020. The number of hydrogen-bond donors (Lipinski definition) is 1. The normalized spacial score (nSPS) is 21.5. The van der Waals surface area contributed by atoms with Crippen LogP contribution < -0.4 is 5.56 Å². The van der Waals surface area contributed by atoms with Crippen LogP contribution in [0.3, 0.4) is 0 Å². The van der Waals surface area contributed by atoms with Gasteiger partial charge in [0.1, 0.15) is 5.56 Å². The summed E-state index contributed by atoms with van der Waals surface area (Å²) in [5, 5.41) is 5.74. The SMILES string of the molecule is CCCN(CCCCCC(=O)C1(F)CN(C2CCc3c2n[nH]c(=O)c3C(F)(F)F)C1)C(=O)C1CC1. The van der Waals surface area contributed by atoms with Gasteiger partial charge in [0.2, 0.25) is 5.91 Å². The Hall–Kier alpha value is -2.30. The van der Waals surface area contributed by atoms with E-state index in [1.807, 2.05) is 16.9 Å². The van der Waals surface area contributed by atoms with Gasteiger partial charge in [-0.1, -0.05) is 13.3 Å². The van der Waals surface area contributed by atoms with E-state index in [4.69, 9.17) is 0 Å². The molecule has 0 spiro atoms. The third-order valence-electron chi connectivity index (χ3n) is 7.29. The molecule has 0 bridgehead atoms. The van der Waals surface area contributed by atoms with Crippen LogP contribution in [0.5, 0.6) is 0 Å². The van der Waals surface area contributed by atoms with E-state index in [0.29, 0.717) is 19.4 Å². The van der Waals surface area contributed by atoms with Crippen molar-refractivity contribution >= 4 is 11.7 Å². The number of fused-ring (bicyclic) bond motifs is 1. The zero-order valence-electron chi connectivity index (χ0n) is 19.9. The van der Waals surface area contributed by atoms with Crippen molar-refractivity contribution in [2.24, 2.45) is 5.92 Å². The van der Waals surface area contributed by atoms with Gasteiger partial charge in [-0.05, 0) is 50.5 Å². The molecule has 1 saturated carbocycles. The molecule has 1 aromatic heterocycles. The number of hydrogen-bond acceptors (Lipinski definition) is 5. The van der Waals surface area contributed by atoms with Crippen molar-refractivity contribution in [3.63, 3.8) is 0 Å². The molecule has 1 amide bonds. The lowest BCUT2D eigenvalue weighted by Gasteiger charge is -2.46. The average Bonchev–Trinajstić information content (AvgIpc) is 3.54. The molecule has 11 heteroatoms. The number of ketones is 1. The Morgan fingerprint density at radius 2 is 1.86 bits per heavy atom. The molecule has 1 aromatic rings. The second-order valence-corrected chi connectivity index (χ2v) is 10.0. The fourth-order valence-corrected chi connectivity index (χ4v) is 5.28. The number of alkyl halides is 4. The van der Waals surface area contributed by atoms with Crippen molar-refractivity contribution in [2.45, 2.75) is 82.6 Å². The van der Waals surface area contributed by atoms with Gasteiger partial charge in [-0.2, -0.15) is 18.3 Å². The minimum Gasteiger partial charge on any atom is -0.342 e. The smallest absolute Gasteiger partial charge is 0.342 e. The van der Waals surface area contributed by atoms with E-state index in [9.17, 15) is 27.6 Å². The number of rotatable bonds is 11. The quantitative estimate of drug-likeness (QED) is 0.371. The number of carbonyl (C=O) groups excluding carboxylic acids is 2. The third-order valence-corrected chi connectivity index (χ3v) is 7.29. The lowest BCUT2D eigenvalue weighted by molar-refractivity contribution is -0.146. The summed E-state index contributed by atoms with van der Waals surface area (Å²) in [4.78, 5) is 40.0. The van der Waals surface area contributed by atoms with Crippen LogP contribution in [0.25, 0.3) is 0 Å². The molecule has 194 valence electrons. The number of aromatic nitrogens is 2. The number of nitrogens with one attached hydrogen (secondary N) is 1. The number of halogens is 4. The zero-order valence-corrected chi connectivity index (χ0v) is 19.9. The zero-order chi connectivity index (χ0) is 25.4. The highest BCUT2D eigenvalue weighted by molar-refractivity contribution is 5.88. The number of H-pyrrole nitrogens is 1. The Morgan fingerprint density at radius 3 is 2.49 bits per heavy atom. The summed E-state index contributed by atoms with van der Waals surface area (Å²) in [6.45, 7) is 3.05. The van der Waals surface area contributed by atoms with Crippen LogP contribution in [0.15, 0.2) is 4.79 Å². The van der Waals surface area contributed by atoms with Crippen LogP contribution in [0, 0.1) is 5.92 Å². The molecule has 1 saturated heterocycles. The van der Waals surface area contributed by atoms with Gasteiger partial charge in [0.15, 0.2) is 11.5 Å². The van der Waals surface area contributed by atoms with Gasteiger partial charge >= 0.3 is 6.18 Å². The number of Topliss-reactive ketones (excluding diaryl/α,β-unsaturated/α-hetero) is 1. The van der Waals surface area contributed by atoms with Crippen molar-refractivity contribution in [2.75, 3.05) is 26.2 Å². The van der Waals surface area contributed by atoms with E-state index in [0.717, 1.165) is 38.6 Å². The molecule has 1 aliphatic heterocycles. The van der Waals surface area contributed by atoms with Crippen molar-refractivity contribution in [1.29, 1.82) is 0 Å². The molecule has 2 fully saturated rings. The molecule has 1 atom stereocenters. The van der Waals surface area contributed by atoms with Crippen LogP contribution in [-0.2, 0) is 22.2 Å². The number of unbranched alkanes of at least 4 members (excludes halogenated alkanes) is 2. The van der Waals surface area contributed by atoms with Crippen molar-refractivity contribution in [1.82, 2.24) is 20.0 Å². The Balaban J connectivity index is 1.24. The predicted molar refractivity (Wildman–Crippen MR) is 119 cm³/mol. The number of nitrogens with zero attached hydrogens (tertiary/aromatic N) is 3. The number of likely N-dealkylation sites (tertiary alicyclic amines) is 1. The van der Waals surface area contributed by atoms with Crippen LogP contribution in [0.4, 0.5) is 17.6 Å². The first kappa shape index (κ1) is 25.8. The molecule has 1 unspecified atom stereocenters. The first-order chi connectivity index (χ1) is 16.5. The maximum Gasteiger partial charge on any atom is 0.422 e.